The highest BCUT2D eigenvalue weighted by Crippen LogP contribution is 2.40. The van der Waals surface area contributed by atoms with Crippen LogP contribution in [-0.2, 0) is 9.47 Å². The highest BCUT2D eigenvalue weighted by Gasteiger charge is 2.47. The van der Waals surface area contributed by atoms with Gasteiger partial charge in [-0.1, -0.05) is 0 Å². The molecule has 0 unspecified atom stereocenters. The molecule has 0 aromatic carbocycles. The topological polar surface area (TPSA) is 64.6 Å². The zero-order valence-electron chi connectivity index (χ0n) is 12.3. The molecule has 6 nitrogen and oxygen atoms in total. The first-order valence-corrected chi connectivity index (χ1v) is 7.41. The van der Waals surface area contributed by atoms with Crippen LogP contribution in [0.4, 0.5) is 0 Å². The number of amides is 1. The number of likely N-dealkylation sites (tertiary alicyclic amines) is 1. The molecule has 0 radical (unpaired) electrons. The Morgan fingerprint density at radius 3 is 3.29 bits per heavy atom. The third-order valence-corrected chi connectivity index (χ3v) is 4.51. The fourth-order valence-electron chi connectivity index (χ4n) is 3.54. The molecule has 0 aliphatic carbocycles. The number of hydrogen-bond acceptors (Lipinski definition) is 5. The Labute approximate surface area is 124 Å². The largest absolute Gasteiger partial charge is 0.384 e. The smallest absolute Gasteiger partial charge is 0.272 e. The summed E-state index contributed by atoms with van der Waals surface area (Å²) in [5, 5.41) is 0. The Kier molecular flexibility index (Phi) is 4.17. The highest BCUT2D eigenvalue weighted by atomic mass is 16.5. The van der Waals surface area contributed by atoms with E-state index in [0.29, 0.717) is 25.4 Å². The van der Waals surface area contributed by atoms with E-state index < -0.39 is 0 Å². The van der Waals surface area contributed by atoms with Crippen LogP contribution in [0.5, 0.6) is 0 Å². The minimum atomic E-state index is -0.0755. The molecule has 0 N–H and O–H groups in total. The van der Waals surface area contributed by atoms with E-state index in [9.17, 15) is 4.79 Å². The van der Waals surface area contributed by atoms with Crippen molar-refractivity contribution in [3.05, 3.63) is 24.3 Å². The van der Waals surface area contributed by atoms with Gasteiger partial charge in [0.2, 0.25) is 0 Å². The van der Waals surface area contributed by atoms with Gasteiger partial charge in [0.1, 0.15) is 12.0 Å². The average molecular weight is 291 g/mol. The fraction of sp³-hybridized carbons (Fsp3) is 0.667. The minimum absolute atomic E-state index is 0.0306. The number of methoxy groups -OCH3 is 1. The molecule has 2 atom stereocenters. The van der Waals surface area contributed by atoms with E-state index in [1.807, 2.05) is 4.90 Å². The summed E-state index contributed by atoms with van der Waals surface area (Å²) in [6.45, 7) is 2.83. The van der Waals surface area contributed by atoms with Crippen molar-refractivity contribution >= 4 is 5.91 Å². The maximum Gasteiger partial charge on any atom is 0.272 e. The molecule has 1 amide bonds. The van der Waals surface area contributed by atoms with Gasteiger partial charge in [0.05, 0.1) is 12.7 Å². The Balaban J connectivity index is 1.78. The van der Waals surface area contributed by atoms with Crippen molar-refractivity contribution in [3.63, 3.8) is 0 Å². The SMILES string of the molecule is COC[C@@]12CCCO[C@@H]1CCN(C(=O)c1ccncn1)C2. The predicted octanol–water partition coefficient (Wildman–Crippen LogP) is 1.13. The maximum atomic E-state index is 12.6. The zero-order valence-corrected chi connectivity index (χ0v) is 12.3. The number of carbonyl (C=O) groups is 1. The van der Waals surface area contributed by atoms with Gasteiger partial charge in [-0.05, 0) is 25.3 Å². The molecule has 3 rings (SSSR count). The molecule has 3 heterocycles. The second-order valence-electron chi connectivity index (χ2n) is 5.87. The lowest BCUT2D eigenvalue weighted by molar-refractivity contribution is -0.142. The summed E-state index contributed by atoms with van der Waals surface area (Å²) in [6.07, 6.45) is 6.13. The van der Waals surface area contributed by atoms with Gasteiger partial charge >= 0.3 is 0 Å². The van der Waals surface area contributed by atoms with Crippen LogP contribution in [0, 0.1) is 5.41 Å². The molecular formula is C15H21N3O3. The summed E-state index contributed by atoms with van der Waals surface area (Å²) in [7, 11) is 1.71. The van der Waals surface area contributed by atoms with Crippen LogP contribution in [0.1, 0.15) is 29.8 Å². The molecule has 0 bridgehead atoms. The third-order valence-electron chi connectivity index (χ3n) is 4.51. The monoisotopic (exact) mass is 291 g/mol. The number of rotatable bonds is 3. The molecule has 1 aromatic heterocycles. The van der Waals surface area contributed by atoms with Gasteiger partial charge in [0.25, 0.3) is 5.91 Å². The van der Waals surface area contributed by atoms with E-state index >= 15 is 0 Å². The first kappa shape index (κ1) is 14.4. The van der Waals surface area contributed by atoms with Crippen LogP contribution in [0.25, 0.3) is 0 Å². The second kappa shape index (κ2) is 6.07. The number of ether oxygens (including phenoxy) is 2. The van der Waals surface area contributed by atoms with Gasteiger partial charge in [0, 0.05) is 38.4 Å². The van der Waals surface area contributed by atoms with Crippen LogP contribution < -0.4 is 0 Å². The Morgan fingerprint density at radius 1 is 1.62 bits per heavy atom. The molecule has 2 aliphatic rings. The lowest BCUT2D eigenvalue weighted by Gasteiger charge is -2.50. The van der Waals surface area contributed by atoms with E-state index in [2.05, 4.69) is 9.97 Å². The molecule has 2 saturated heterocycles. The molecule has 6 heteroatoms. The number of piperidine rings is 1. The molecule has 21 heavy (non-hydrogen) atoms. The summed E-state index contributed by atoms with van der Waals surface area (Å²) in [6, 6.07) is 1.66. The average Bonchev–Trinajstić information content (AvgIpc) is 2.54. The Bertz CT molecular complexity index is 492. The lowest BCUT2D eigenvalue weighted by atomic mass is 9.73. The molecule has 0 saturated carbocycles. The summed E-state index contributed by atoms with van der Waals surface area (Å²) in [5.74, 6) is -0.0306. The normalized spacial score (nSPS) is 29.0. The first-order valence-electron chi connectivity index (χ1n) is 7.41. The van der Waals surface area contributed by atoms with Crippen LogP contribution in [0.2, 0.25) is 0 Å². The minimum Gasteiger partial charge on any atom is -0.384 e. The standard InChI is InChI=1S/C15H21N3O3/c1-20-10-15-5-2-8-21-13(15)4-7-18(9-15)14(19)12-3-6-16-11-17-12/h3,6,11,13H,2,4-5,7-10H2,1H3/t13-,15+/m1/s1. The first-order chi connectivity index (χ1) is 10.2. The number of hydrogen-bond donors (Lipinski definition) is 0. The molecule has 2 aliphatic heterocycles. The van der Waals surface area contributed by atoms with Gasteiger partial charge < -0.3 is 14.4 Å². The van der Waals surface area contributed by atoms with E-state index in [4.69, 9.17) is 9.47 Å². The van der Waals surface area contributed by atoms with Crippen molar-refractivity contribution in [3.8, 4) is 0 Å². The summed E-state index contributed by atoms with van der Waals surface area (Å²) >= 11 is 0. The van der Waals surface area contributed by atoms with Gasteiger partial charge in [-0.25, -0.2) is 9.97 Å². The molecular weight excluding hydrogens is 270 g/mol. The van der Waals surface area contributed by atoms with E-state index in [0.717, 1.165) is 25.9 Å². The van der Waals surface area contributed by atoms with Gasteiger partial charge in [-0.3, -0.25) is 4.79 Å². The number of nitrogens with zero attached hydrogens (tertiary/aromatic N) is 3. The number of carbonyl (C=O) groups excluding carboxylic acids is 1. The van der Waals surface area contributed by atoms with Crippen molar-refractivity contribution in [2.24, 2.45) is 5.41 Å². The van der Waals surface area contributed by atoms with Crippen LogP contribution in [0.3, 0.4) is 0 Å². The van der Waals surface area contributed by atoms with Gasteiger partial charge in [-0.2, -0.15) is 0 Å². The number of fused-ring (bicyclic) bond motifs is 1. The van der Waals surface area contributed by atoms with E-state index in [1.165, 1.54) is 6.33 Å². The summed E-state index contributed by atoms with van der Waals surface area (Å²) < 4.78 is 11.4. The van der Waals surface area contributed by atoms with Crippen molar-refractivity contribution in [1.82, 2.24) is 14.9 Å². The van der Waals surface area contributed by atoms with Crippen molar-refractivity contribution in [1.29, 1.82) is 0 Å². The second-order valence-corrected chi connectivity index (χ2v) is 5.87. The summed E-state index contributed by atoms with van der Waals surface area (Å²) in [5.41, 5.74) is 0.376. The van der Waals surface area contributed by atoms with E-state index in [1.54, 1.807) is 19.4 Å². The predicted molar refractivity (Wildman–Crippen MR) is 75.8 cm³/mol. The van der Waals surface area contributed by atoms with Crippen molar-refractivity contribution in [2.75, 3.05) is 33.4 Å². The lowest BCUT2D eigenvalue weighted by Crippen LogP contribution is -2.58. The molecule has 114 valence electrons. The van der Waals surface area contributed by atoms with Crippen LogP contribution in [-0.4, -0.2) is 60.3 Å². The zero-order chi connectivity index (χ0) is 14.7. The van der Waals surface area contributed by atoms with Crippen molar-refractivity contribution in [2.45, 2.75) is 25.4 Å². The van der Waals surface area contributed by atoms with Crippen LogP contribution >= 0.6 is 0 Å². The summed E-state index contributed by atoms with van der Waals surface area (Å²) in [4.78, 5) is 22.4. The molecule has 2 fully saturated rings. The maximum absolute atomic E-state index is 12.6. The fourth-order valence-corrected chi connectivity index (χ4v) is 3.54. The number of aromatic nitrogens is 2. The van der Waals surface area contributed by atoms with Gasteiger partial charge in [-0.15, -0.1) is 0 Å². The Hall–Kier alpha value is -1.53. The molecule has 0 spiro atoms. The molecule has 1 aromatic rings. The van der Waals surface area contributed by atoms with E-state index in [-0.39, 0.29) is 17.4 Å². The van der Waals surface area contributed by atoms with Gasteiger partial charge in [0.15, 0.2) is 0 Å². The van der Waals surface area contributed by atoms with Crippen molar-refractivity contribution < 1.29 is 14.3 Å². The Morgan fingerprint density at radius 2 is 2.52 bits per heavy atom. The van der Waals surface area contributed by atoms with Crippen LogP contribution in [0.15, 0.2) is 18.6 Å². The quantitative estimate of drug-likeness (QED) is 0.835. The third kappa shape index (κ3) is 2.78. The highest BCUT2D eigenvalue weighted by molar-refractivity contribution is 5.92.